The van der Waals surface area contributed by atoms with Crippen molar-refractivity contribution in [3.8, 4) is 0 Å². The van der Waals surface area contributed by atoms with Gasteiger partial charge in [0.2, 0.25) is 16.0 Å². The highest BCUT2D eigenvalue weighted by atomic mass is 35.5. The maximum Gasteiger partial charge on any atom is 0.239 e. The third kappa shape index (κ3) is 3.07. The van der Waals surface area contributed by atoms with Crippen molar-refractivity contribution in [2.75, 3.05) is 12.8 Å². The number of guanidine groups is 1. The van der Waals surface area contributed by atoms with Crippen LogP contribution in [-0.2, 0) is 10.0 Å². The van der Waals surface area contributed by atoms with Crippen LogP contribution in [0, 0.1) is 0 Å². The average Bonchev–Trinajstić information content (AvgIpc) is 2.95. The number of hydrogen-bond donors (Lipinski definition) is 1. The lowest BCUT2D eigenvalue weighted by molar-refractivity contribution is 0.508. The standard InChI is InChI=1S/C14H17ClN4O2S2/c1-14(8-23(20,21)19(2)13(16)18-14)12-4-3-11(22-12)9-5-10(15)7-17-6-9/h4-7,11H,3,8H2,1-2H3,(H2,16,18)/t11?,14-/m0/s1. The van der Waals surface area contributed by atoms with E-state index < -0.39 is 15.6 Å². The fraction of sp³-hybridized carbons (Fsp3) is 0.429. The molecule has 2 aliphatic rings. The van der Waals surface area contributed by atoms with Gasteiger partial charge in [0.1, 0.15) is 5.54 Å². The first kappa shape index (κ1) is 16.6. The SMILES string of the molecule is CN1C(N)=N[C@](C)(C2=CCC(c3cncc(Cl)c3)S2)CS1(=O)=O. The number of allylic oxidation sites excluding steroid dienone is 1. The molecule has 23 heavy (non-hydrogen) atoms. The monoisotopic (exact) mass is 372 g/mol. The average molecular weight is 373 g/mol. The van der Waals surface area contributed by atoms with E-state index in [-0.39, 0.29) is 17.0 Å². The summed E-state index contributed by atoms with van der Waals surface area (Å²) in [6.45, 7) is 1.81. The summed E-state index contributed by atoms with van der Waals surface area (Å²) in [5.74, 6) is -0.0653. The molecule has 0 saturated carbocycles. The number of aliphatic imine (C=N–C) groups is 1. The van der Waals surface area contributed by atoms with Gasteiger partial charge in [0.05, 0.1) is 10.8 Å². The van der Waals surface area contributed by atoms with Gasteiger partial charge in [0, 0.05) is 29.6 Å². The lowest BCUT2D eigenvalue weighted by Gasteiger charge is -2.35. The number of thioether (sulfide) groups is 1. The van der Waals surface area contributed by atoms with Crippen molar-refractivity contribution in [1.29, 1.82) is 0 Å². The summed E-state index contributed by atoms with van der Waals surface area (Å²) in [7, 11) is -2.03. The second-order valence-electron chi connectivity index (χ2n) is 5.81. The van der Waals surface area contributed by atoms with Gasteiger partial charge in [-0.25, -0.2) is 17.7 Å². The number of nitrogens with two attached hydrogens (primary N) is 1. The van der Waals surface area contributed by atoms with Gasteiger partial charge in [-0.05, 0) is 25.0 Å². The Labute approximate surface area is 144 Å². The highest BCUT2D eigenvalue weighted by Crippen LogP contribution is 2.49. The van der Waals surface area contributed by atoms with Crippen LogP contribution < -0.4 is 5.73 Å². The Kier molecular flexibility index (Phi) is 4.10. The summed E-state index contributed by atoms with van der Waals surface area (Å²) in [6, 6.07) is 1.88. The zero-order chi connectivity index (χ0) is 16.8. The molecule has 2 N–H and O–H groups in total. The van der Waals surface area contributed by atoms with Crippen molar-refractivity contribution >= 4 is 39.3 Å². The minimum absolute atomic E-state index is 0.0214. The fourth-order valence-electron chi connectivity index (χ4n) is 2.70. The van der Waals surface area contributed by atoms with E-state index in [9.17, 15) is 8.42 Å². The number of halogens is 1. The van der Waals surface area contributed by atoms with Crippen LogP contribution in [-0.4, -0.2) is 42.0 Å². The third-order valence-corrected chi connectivity index (χ3v) is 7.74. The smallest absolute Gasteiger partial charge is 0.239 e. The van der Waals surface area contributed by atoms with Crippen molar-refractivity contribution < 1.29 is 8.42 Å². The Hall–Kier alpha value is -1.25. The fourth-order valence-corrected chi connectivity index (χ4v) is 5.75. The van der Waals surface area contributed by atoms with Crippen LogP contribution in [0.5, 0.6) is 0 Å². The van der Waals surface area contributed by atoms with E-state index >= 15 is 0 Å². The molecule has 0 saturated heterocycles. The second-order valence-corrected chi connectivity index (χ2v) is 9.50. The second kappa shape index (κ2) is 5.68. The Morgan fingerprint density at radius 1 is 1.48 bits per heavy atom. The summed E-state index contributed by atoms with van der Waals surface area (Å²) < 4.78 is 25.6. The molecule has 9 heteroatoms. The van der Waals surface area contributed by atoms with Gasteiger partial charge in [-0.3, -0.25) is 4.98 Å². The molecule has 0 bridgehead atoms. The van der Waals surface area contributed by atoms with Crippen LogP contribution >= 0.6 is 23.4 Å². The lowest BCUT2D eigenvalue weighted by Crippen LogP contribution is -2.51. The zero-order valence-corrected chi connectivity index (χ0v) is 15.1. The van der Waals surface area contributed by atoms with E-state index in [1.807, 2.05) is 19.1 Å². The van der Waals surface area contributed by atoms with E-state index in [0.717, 1.165) is 21.2 Å². The van der Waals surface area contributed by atoms with Gasteiger partial charge < -0.3 is 5.73 Å². The number of pyridine rings is 1. The van der Waals surface area contributed by atoms with Gasteiger partial charge in [-0.1, -0.05) is 17.7 Å². The normalized spacial score (nSPS) is 30.0. The molecule has 2 aliphatic heterocycles. The van der Waals surface area contributed by atoms with Gasteiger partial charge >= 0.3 is 0 Å². The highest BCUT2D eigenvalue weighted by Gasteiger charge is 2.43. The maximum atomic E-state index is 12.3. The molecule has 0 fully saturated rings. The van der Waals surface area contributed by atoms with Gasteiger partial charge in [0.25, 0.3) is 0 Å². The largest absolute Gasteiger partial charge is 0.369 e. The Morgan fingerprint density at radius 2 is 2.22 bits per heavy atom. The summed E-state index contributed by atoms with van der Waals surface area (Å²) in [4.78, 5) is 9.46. The third-order valence-electron chi connectivity index (χ3n) is 3.98. The van der Waals surface area contributed by atoms with E-state index in [1.54, 1.807) is 24.2 Å². The van der Waals surface area contributed by atoms with Crippen molar-refractivity contribution in [1.82, 2.24) is 9.29 Å². The van der Waals surface area contributed by atoms with Crippen molar-refractivity contribution in [2.24, 2.45) is 10.7 Å². The first-order chi connectivity index (χ1) is 10.7. The quantitative estimate of drug-likeness (QED) is 0.859. The van der Waals surface area contributed by atoms with E-state index in [0.29, 0.717) is 5.02 Å². The van der Waals surface area contributed by atoms with Crippen LogP contribution in [0.15, 0.2) is 34.4 Å². The summed E-state index contributed by atoms with van der Waals surface area (Å²) in [6.07, 6.45) is 6.19. The molecular formula is C14H17ClN4O2S2. The molecule has 0 radical (unpaired) electrons. The number of hydrogen-bond acceptors (Lipinski definition) is 6. The zero-order valence-electron chi connectivity index (χ0n) is 12.7. The van der Waals surface area contributed by atoms with Crippen LogP contribution in [0.2, 0.25) is 5.02 Å². The predicted octanol–water partition coefficient (Wildman–Crippen LogP) is 2.15. The molecular weight excluding hydrogens is 356 g/mol. The molecule has 6 nitrogen and oxygen atoms in total. The number of aromatic nitrogens is 1. The van der Waals surface area contributed by atoms with Crippen molar-refractivity contribution in [2.45, 2.75) is 24.1 Å². The van der Waals surface area contributed by atoms with Crippen LogP contribution in [0.25, 0.3) is 0 Å². The number of nitrogens with zero attached hydrogens (tertiary/aromatic N) is 3. The summed E-state index contributed by atoms with van der Waals surface area (Å²) >= 11 is 7.59. The minimum atomic E-state index is -3.45. The molecule has 1 unspecified atom stereocenters. The van der Waals surface area contributed by atoms with Gasteiger partial charge in [0.15, 0.2) is 0 Å². The molecule has 3 rings (SSSR count). The molecule has 0 amide bonds. The Balaban J connectivity index is 1.86. The van der Waals surface area contributed by atoms with E-state index in [2.05, 4.69) is 9.98 Å². The molecule has 0 aromatic carbocycles. The lowest BCUT2D eigenvalue weighted by atomic mass is 10.0. The van der Waals surface area contributed by atoms with Crippen LogP contribution in [0.4, 0.5) is 0 Å². The molecule has 0 aliphatic carbocycles. The minimum Gasteiger partial charge on any atom is -0.369 e. The maximum absolute atomic E-state index is 12.3. The van der Waals surface area contributed by atoms with Crippen LogP contribution in [0.1, 0.15) is 24.2 Å². The Morgan fingerprint density at radius 3 is 2.87 bits per heavy atom. The molecule has 2 atom stereocenters. The molecule has 124 valence electrons. The summed E-state index contributed by atoms with van der Waals surface area (Å²) in [5, 5.41) is 0.749. The molecule has 1 aromatic rings. The first-order valence-electron chi connectivity index (χ1n) is 7.01. The van der Waals surface area contributed by atoms with E-state index in [1.165, 1.54) is 7.05 Å². The van der Waals surface area contributed by atoms with Gasteiger partial charge in [-0.2, -0.15) is 0 Å². The topological polar surface area (TPSA) is 88.7 Å². The first-order valence-corrected chi connectivity index (χ1v) is 9.88. The van der Waals surface area contributed by atoms with Crippen molar-refractivity contribution in [3.05, 3.63) is 40.0 Å². The molecule has 3 heterocycles. The molecule has 1 aromatic heterocycles. The Bertz CT molecular complexity index is 809. The van der Waals surface area contributed by atoms with Gasteiger partial charge in [-0.15, -0.1) is 11.8 Å². The summed E-state index contributed by atoms with van der Waals surface area (Å²) in [5.41, 5.74) is 5.97. The highest BCUT2D eigenvalue weighted by molar-refractivity contribution is 8.03. The van der Waals surface area contributed by atoms with E-state index in [4.69, 9.17) is 17.3 Å². The number of sulfonamides is 1. The number of rotatable bonds is 2. The van der Waals surface area contributed by atoms with Crippen LogP contribution in [0.3, 0.4) is 0 Å². The van der Waals surface area contributed by atoms with Crippen molar-refractivity contribution in [3.63, 3.8) is 0 Å². The molecule has 0 spiro atoms. The predicted molar refractivity (Wildman–Crippen MR) is 93.9 cm³/mol.